The Morgan fingerprint density at radius 2 is 2.19 bits per heavy atom. The van der Waals surface area contributed by atoms with Crippen LogP contribution in [0.3, 0.4) is 0 Å². The number of aromatic nitrogens is 1. The van der Waals surface area contributed by atoms with Crippen molar-refractivity contribution in [1.29, 1.82) is 0 Å². The fraction of sp³-hybridized carbons (Fsp3) is 0.250. The van der Waals surface area contributed by atoms with Crippen molar-refractivity contribution in [2.45, 2.75) is 13.2 Å². The average molecular weight is 219 g/mol. The van der Waals surface area contributed by atoms with E-state index >= 15 is 0 Å². The van der Waals surface area contributed by atoms with Crippen LogP contribution in [0.2, 0.25) is 0 Å². The van der Waals surface area contributed by atoms with Crippen LogP contribution in [0.25, 0.3) is 10.9 Å². The van der Waals surface area contributed by atoms with Crippen molar-refractivity contribution in [1.82, 2.24) is 4.57 Å². The van der Waals surface area contributed by atoms with Crippen molar-refractivity contribution in [2.75, 3.05) is 7.11 Å². The highest BCUT2D eigenvalue weighted by Gasteiger charge is 2.10. The minimum Gasteiger partial charge on any atom is -0.481 e. The third-order valence-electron chi connectivity index (χ3n) is 2.48. The van der Waals surface area contributed by atoms with Crippen LogP contribution in [0.15, 0.2) is 30.5 Å². The van der Waals surface area contributed by atoms with Crippen LogP contribution < -0.4 is 0 Å². The molecule has 0 amide bonds. The highest BCUT2D eigenvalue weighted by molar-refractivity contribution is 5.87. The lowest BCUT2D eigenvalue weighted by atomic mass is 10.1. The van der Waals surface area contributed by atoms with Gasteiger partial charge in [0.2, 0.25) is 0 Å². The number of benzene rings is 1. The zero-order chi connectivity index (χ0) is 11.5. The Bertz CT molecular complexity index is 516. The molecule has 1 N–H and O–H groups in total. The maximum atomic E-state index is 10.7. The first kappa shape index (κ1) is 10.7. The second-order valence-corrected chi connectivity index (χ2v) is 3.63. The van der Waals surface area contributed by atoms with Gasteiger partial charge in [0, 0.05) is 18.7 Å². The minimum atomic E-state index is -0.819. The number of carboxylic acid groups (broad SMARTS) is 1. The minimum absolute atomic E-state index is 0.0389. The summed E-state index contributed by atoms with van der Waals surface area (Å²) in [5.74, 6) is -0.819. The Morgan fingerprint density at radius 3 is 2.88 bits per heavy atom. The molecule has 0 fully saturated rings. The maximum absolute atomic E-state index is 10.7. The molecule has 2 rings (SSSR count). The van der Waals surface area contributed by atoms with E-state index in [1.807, 2.05) is 35.0 Å². The van der Waals surface area contributed by atoms with E-state index in [1.165, 1.54) is 0 Å². The van der Waals surface area contributed by atoms with Gasteiger partial charge < -0.3 is 14.4 Å². The van der Waals surface area contributed by atoms with Crippen molar-refractivity contribution < 1.29 is 14.6 Å². The van der Waals surface area contributed by atoms with Gasteiger partial charge in [0.15, 0.2) is 0 Å². The number of methoxy groups -OCH3 is 1. The number of carboxylic acids is 1. The number of carbonyl (C=O) groups is 1. The molecule has 2 aromatic rings. The number of nitrogens with zero attached hydrogens (tertiary/aromatic N) is 1. The van der Waals surface area contributed by atoms with E-state index < -0.39 is 5.97 Å². The van der Waals surface area contributed by atoms with Gasteiger partial charge in [-0.2, -0.15) is 0 Å². The van der Waals surface area contributed by atoms with Crippen LogP contribution in [-0.4, -0.2) is 22.8 Å². The highest BCUT2D eigenvalue weighted by atomic mass is 16.5. The van der Waals surface area contributed by atoms with Crippen LogP contribution >= 0.6 is 0 Å². The van der Waals surface area contributed by atoms with Gasteiger partial charge in [0.1, 0.15) is 6.73 Å². The van der Waals surface area contributed by atoms with Gasteiger partial charge in [-0.1, -0.05) is 18.2 Å². The molecular weight excluding hydrogens is 206 g/mol. The van der Waals surface area contributed by atoms with Gasteiger partial charge in [-0.25, -0.2) is 0 Å². The molecule has 0 unspecified atom stereocenters. The summed E-state index contributed by atoms with van der Waals surface area (Å²) in [7, 11) is 1.62. The number of ether oxygens (including phenoxy) is 1. The number of hydrogen-bond donors (Lipinski definition) is 1. The predicted molar refractivity (Wildman–Crippen MR) is 60.3 cm³/mol. The summed E-state index contributed by atoms with van der Waals surface area (Å²) < 4.78 is 6.98. The van der Waals surface area contributed by atoms with Crippen molar-refractivity contribution in [3.8, 4) is 0 Å². The summed E-state index contributed by atoms with van der Waals surface area (Å²) in [6.07, 6.45) is 1.87. The van der Waals surface area contributed by atoms with Crippen molar-refractivity contribution in [3.63, 3.8) is 0 Å². The molecule has 1 heterocycles. The third-order valence-corrected chi connectivity index (χ3v) is 2.48. The first-order chi connectivity index (χ1) is 7.72. The molecule has 4 nitrogen and oxygen atoms in total. The molecule has 0 atom stereocenters. The maximum Gasteiger partial charge on any atom is 0.307 e. The van der Waals surface area contributed by atoms with E-state index in [1.54, 1.807) is 7.11 Å². The number of aliphatic carboxylic acids is 1. The Hall–Kier alpha value is -1.81. The lowest BCUT2D eigenvalue weighted by Gasteiger charge is -2.01. The molecule has 0 bridgehead atoms. The first-order valence-electron chi connectivity index (χ1n) is 5.00. The molecule has 16 heavy (non-hydrogen) atoms. The monoisotopic (exact) mass is 219 g/mol. The lowest BCUT2D eigenvalue weighted by molar-refractivity contribution is -0.136. The predicted octanol–water partition coefficient (Wildman–Crippen LogP) is 1.87. The first-order valence-corrected chi connectivity index (χ1v) is 5.00. The van der Waals surface area contributed by atoms with Crippen LogP contribution in [0.1, 0.15) is 5.56 Å². The summed E-state index contributed by atoms with van der Waals surface area (Å²) in [5, 5.41) is 9.80. The van der Waals surface area contributed by atoms with E-state index in [4.69, 9.17) is 9.84 Å². The largest absolute Gasteiger partial charge is 0.481 e. The zero-order valence-electron chi connectivity index (χ0n) is 9.01. The molecule has 0 radical (unpaired) electrons. The second-order valence-electron chi connectivity index (χ2n) is 3.63. The molecule has 0 aliphatic heterocycles. The number of hydrogen-bond acceptors (Lipinski definition) is 2. The Balaban J connectivity index is 2.52. The standard InChI is InChI=1S/C12H13NO3/c1-16-8-13-7-9(6-12(14)15)10-4-2-3-5-11(10)13/h2-5,7H,6,8H2,1H3,(H,14,15). The normalized spacial score (nSPS) is 10.8. The molecule has 0 spiro atoms. The highest BCUT2D eigenvalue weighted by Crippen LogP contribution is 2.21. The summed E-state index contributed by atoms with van der Waals surface area (Å²) in [5.41, 5.74) is 1.82. The molecular formula is C12H13NO3. The smallest absolute Gasteiger partial charge is 0.307 e. The van der Waals surface area contributed by atoms with Crippen LogP contribution in [-0.2, 0) is 22.7 Å². The van der Waals surface area contributed by atoms with Crippen molar-refractivity contribution in [3.05, 3.63) is 36.0 Å². The second kappa shape index (κ2) is 4.37. The van der Waals surface area contributed by atoms with Crippen LogP contribution in [0.5, 0.6) is 0 Å². The quantitative estimate of drug-likeness (QED) is 0.854. The number of para-hydroxylation sites is 1. The summed E-state index contributed by atoms with van der Waals surface area (Å²) in [6, 6.07) is 7.73. The van der Waals surface area contributed by atoms with Gasteiger partial charge in [-0.15, -0.1) is 0 Å². The fourth-order valence-electron chi connectivity index (χ4n) is 1.87. The average Bonchev–Trinajstić information content (AvgIpc) is 2.58. The van der Waals surface area contributed by atoms with E-state index in [0.717, 1.165) is 16.5 Å². The topological polar surface area (TPSA) is 51.5 Å². The van der Waals surface area contributed by atoms with Crippen molar-refractivity contribution in [2.24, 2.45) is 0 Å². The zero-order valence-corrected chi connectivity index (χ0v) is 9.01. The van der Waals surface area contributed by atoms with E-state index in [9.17, 15) is 4.79 Å². The molecule has 4 heteroatoms. The molecule has 1 aromatic heterocycles. The van der Waals surface area contributed by atoms with E-state index in [-0.39, 0.29) is 6.42 Å². The molecule has 0 aliphatic rings. The van der Waals surface area contributed by atoms with Gasteiger partial charge in [0.25, 0.3) is 0 Å². The van der Waals surface area contributed by atoms with E-state index in [2.05, 4.69) is 0 Å². The lowest BCUT2D eigenvalue weighted by Crippen LogP contribution is -2.00. The van der Waals surface area contributed by atoms with Gasteiger partial charge in [-0.05, 0) is 11.6 Å². The molecule has 84 valence electrons. The molecule has 0 saturated heterocycles. The summed E-state index contributed by atoms with van der Waals surface area (Å²) in [6.45, 7) is 0.431. The Kier molecular flexibility index (Phi) is 2.92. The Labute approximate surface area is 93.1 Å². The number of fused-ring (bicyclic) bond motifs is 1. The van der Waals surface area contributed by atoms with Crippen molar-refractivity contribution >= 4 is 16.9 Å². The van der Waals surface area contributed by atoms with Gasteiger partial charge >= 0.3 is 5.97 Å². The SMILES string of the molecule is COCn1cc(CC(=O)O)c2ccccc21. The van der Waals surface area contributed by atoms with Gasteiger partial charge in [-0.3, -0.25) is 4.79 Å². The summed E-state index contributed by atoms with van der Waals surface area (Å²) >= 11 is 0. The van der Waals surface area contributed by atoms with Gasteiger partial charge in [0.05, 0.1) is 11.9 Å². The third kappa shape index (κ3) is 1.92. The molecule has 0 aliphatic carbocycles. The van der Waals surface area contributed by atoms with Crippen LogP contribution in [0.4, 0.5) is 0 Å². The summed E-state index contributed by atoms with van der Waals surface area (Å²) in [4.78, 5) is 10.7. The van der Waals surface area contributed by atoms with E-state index in [0.29, 0.717) is 6.73 Å². The van der Waals surface area contributed by atoms with Crippen LogP contribution in [0, 0.1) is 0 Å². The molecule has 0 saturated carbocycles. The Morgan fingerprint density at radius 1 is 1.44 bits per heavy atom. The fourth-order valence-corrected chi connectivity index (χ4v) is 1.87. The molecule has 1 aromatic carbocycles. The number of rotatable bonds is 4.